The van der Waals surface area contributed by atoms with Gasteiger partial charge in [-0.15, -0.1) is 0 Å². The zero-order valence-corrected chi connectivity index (χ0v) is 9.97. The van der Waals surface area contributed by atoms with E-state index in [0.29, 0.717) is 17.6 Å². The fraction of sp³-hybridized carbons (Fsp3) is 0.417. The van der Waals surface area contributed by atoms with Gasteiger partial charge >= 0.3 is 5.97 Å². The maximum absolute atomic E-state index is 11.2. The molecule has 0 aromatic carbocycles. The summed E-state index contributed by atoms with van der Waals surface area (Å²) in [5, 5.41) is 14.0. The fourth-order valence-corrected chi connectivity index (χ4v) is 1.89. The lowest BCUT2D eigenvalue weighted by Crippen LogP contribution is -2.04. The van der Waals surface area contributed by atoms with Crippen molar-refractivity contribution >= 4 is 17.0 Å². The molecule has 0 bridgehead atoms. The van der Waals surface area contributed by atoms with Gasteiger partial charge in [-0.3, -0.25) is 0 Å². The molecule has 5 nitrogen and oxygen atoms in total. The first-order valence-corrected chi connectivity index (χ1v) is 5.76. The fourth-order valence-electron chi connectivity index (χ4n) is 1.89. The van der Waals surface area contributed by atoms with Crippen LogP contribution in [0, 0.1) is 0 Å². The summed E-state index contributed by atoms with van der Waals surface area (Å²) >= 11 is 0. The average molecular weight is 233 g/mol. The van der Waals surface area contributed by atoms with Crippen LogP contribution in [0.2, 0.25) is 0 Å². The number of carboxylic acid groups (broad SMARTS) is 1. The molecular weight excluding hydrogens is 218 g/mol. The van der Waals surface area contributed by atoms with Gasteiger partial charge in [0.2, 0.25) is 0 Å². The summed E-state index contributed by atoms with van der Waals surface area (Å²) in [5.41, 5.74) is 1.77. The lowest BCUT2D eigenvalue weighted by atomic mass is 10.1. The number of carbonyl (C=O) groups is 1. The monoisotopic (exact) mass is 233 g/mol. The summed E-state index contributed by atoms with van der Waals surface area (Å²) in [7, 11) is 0. The van der Waals surface area contributed by atoms with E-state index in [1.807, 2.05) is 13.8 Å². The number of hydrogen-bond acceptors (Lipinski definition) is 3. The van der Waals surface area contributed by atoms with Gasteiger partial charge in [0.25, 0.3) is 0 Å². The lowest BCUT2D eigenvalue weighted by molar-refractivity contribution is 0.0699. The molecule has 5 heteroatoms. The molecule has 0 radical (unpaired) electrons. The number of aromatic carboxylic acids is 1. The lowest BCUT2D eigenvalue weighted by Gasteiger charge is -2.04. The summed E-state index contributed by atoms with van der Waals surface area (Å²) < 4.78 is 1.72. The molecule has 0 aliphatic carbocycles. The number of pyridine rings is 1. The van der Waals surface area contributed by atoms with Crippen molar-refractivity contribution < 1.29 is 9.90 Å². The van der Waals surface area contributed by atoms with Crippen LogP contribution in [0.4, 0.5) is 0 Å². The third-order valence-electron chi connectivity index (χ3n) is 2.70. The highest BCUT2D eigenvalue weighted by molar-refractivity contribution is 6.01. The summed E-state index contributed by atoms with van der Waals surface area (Å²) in [6.07, 6.45) is 3.30. The molecule has 17 heavy (non-hydrogen) atoms. The summed E-state index contributed by atoms with van der Waals surface area (Å²) in [6, 6.07) is 1.65. The van der Waals surface area contributed by atoms with E-state index >= 15 is 0 Å². The number of nitrogens with zero attached hydrogens (tertiary/aromatic N) is 3. The van der Waals surface area contributed by atoms with Gasteiger partial charge in [0.1, 0.15) is 0 Å². The molecule has 1 N–H and O–H groups in total. The highest BCUT2D eigenvalue weighted by Crippen LogP contribution is 2.19. The maximum atomic E-state index is 11.2. The average Bonchev–Trinajstić information content (AvgIpc) is 2.71. The Morgan fingerprint density at radius 1 is 1.47 bits per heavy atom. The molecular formula is C12H15N3O2. The van der Waals surface area contributed by atoms with E-state index in [-0.39, 0.29) is 5.56 Å². The van der Waals surface area contributed by atoms with Gasteiger partial charge in [0.05, 0.1) is 17.1 Å². The molecule has 0 spiro atoms. The van der Waals surface area contributed by atoms with Crippen molar-refractivity contribution in [2.75, 3.05) is 0 Å². The molecule has 0 saturated heterocycles. The number of aromatic nitrogens is 3. The van der Waals surface area contributed by atoms with Gasteiger partial charge in [0, 0.05) is 12.2 Å². The SMILES string of the molecule is CCCc1cc(C(=O)O)c2cnn(CC)c2n1. The summed E-state index contributed by atoms with van der Waals surface area (Å²) in [4.78, 5) is 15.7. The van der Waals surface area contributed by atoms with Gasteiger partial charge in [-0.2, -0.15) is 5.10 Å². The Morgan fingerprint density at radius 3 is 2.82 bits per heavy atom. The quantitative estimate of drug-likeness (QED) is 0.878. The van der Waals surface area contributed by atoms with E-state index in [4.69, 9.17) is 0 Å². The van der Waals surface area contributed by atoms with Gasteiger partial charge in [-0.25, -0.2) is 14.5 Å². The van der Waals surface area contributed by atoms with E-state index < -0.39 is 5.97 Å². The first kappa shape index (κ1) is 11.6. The molecule has 0 fully saturated rings. The minimum atomic E-state index is -0.926. The predicted molar refractivity (Wildman–Crippen MR) is 64.2 cm³/mol. The first-order chi connectivity index (χ1) is 8.17. The van der Waals surface area contributed by atoms with Gasteiger partial charge < -0.3 is 5.11 Å². The molecule has 2 aromatic rings. The van der Waals surface area contributed by atoms with Gasteiger partial charge in [-0.1, -0.05) is 13.3 Å². The molecule has 0 amide bonds. The third kappa shape index (κ3) is 2.00. The van der Waals surface area contributed by atoms with Crippen LogP contribution in [0.1, 0.15) is 36.3 Å². The zero-order valence-electron chi connectivity index (χ0n) is 9.97. The second-order valence-corrected chi connectivity index (χ2v) is 3.91. The molecule has 0 unspecified atom stereocenters. The Morgan fingerprint density at radius 2 is 2.24 bits per heavy atom. The Hall–Kier alpha value is -1.91. The number of rotatable bonds is 4. The Kier molecular flexibility index (Phi) is 3.08. The van der Waals surface area contributed by atoms with Crippen LogP contribution in [0.3, 0.4) is 0 Å². The molecule has 0 aliphatic rings. The van der Waals surface area contributed by atoms with E-state index in [9.17, 15) is 9.90 Å². The molecule has 2 aromatic heterocycles. The highest BCUT2D eigenvalue weighted by atomic mass is 16.4. The summed E-state index contributed by atoms with van der Waals surface area (Å²) in [5.74, 6) is -0.926. The van der Waals surface area contributed by atoms with Crippen molar-refractivity contribution in [3.05, 3.63) is 23.5 Å². The van der Waals surface area contributed by atoms with Crippen LogP contribution in [0.15, 0.2) is 12.3 Å². The normalized spacial score (nSPS) is 10.9. The number of fused-ring (bicyclic) bond motifs is 1. The molecule has 0 aliphatic heterocycles. The number of hydrogen-bond donors (Lipinski definition) is 1. The van der Waals surface area contributed by atoms with Crippen LogP contribution in [-0.2, 0) is 13.0 Å². The summed E-state index contributed by atoms with van der Waals surface area (Å²) in [6.45, 7) is 4.69. The Bertz CT molecular complexity index is 560. The molecule has 90 valence electrons. The molecule has 2 rings (SSSR count). The van der Waals surface area contributed by atoms with Crippen LogP contribution < -0.4 is 0 Å². The van der Waals surface area contributed by atoms with E-state index in [1.54, 1.807) is 16.9 Å². The van der Waals surface area contributed by atoms with Crippen molar-refractivity contribution in [3.63, 3.8) is 0 Å². The topological polar surface area (TPSA) is 68.0 Å². The van der Waals surface area contributed by atoms with Crippen LogP contribution in [0.5, 0.6) is 0 Å². The van der Waals surface area contributed by atoms with Crippen molar-refractivity contribution in [3.8, 4) is 0 Å². The van der Waals surface area contributed by atoms with Gasteiger partial charge in [-0.05, 0) is 19.4 Å². The minimum Gasteiger partial charge on any atom is -0.478 e. The highest BCUT2D eigenvalue weighted by Gasteiger charge is 2.14. The Balaban J connectivity index is 2.69. The van der Waals surface area contributed by atoms with Crippen molar-refractivity contribution in [1.82, 2.24) is 14.8 Å². The van der Waals surface area contributed by atoms with Crippen LogP contribution in [-0.4, -0.2) is 25.8 Å². The van der Waals surface area contributed by atoms with Crippen molar-refractivity contribution in [1.29, 1.82) is 0 Å². The molecule has 0 saturated carbocycles. The van der Waals surface area contributed by atoms with Crippen LogP contribution >= 0.6 is 0 Å². The minimum absolute atomic E-state index is 0.290. The Labute approximate surface area is 99.1 Å². The molecule has 0 atom stereocenters. The smallest absolute Gasteiger partial charge is 0.336 e. The number of carboxylic acids is 1. The van der Waals surface area contributed by atoms with Crippen LogP contribution in [0.25, 0.3) is 11.0 Å². The second kappa shape index (κ2) is 4.53. The van der Waals surface area contributed by atoms with Crippen molar-refractivity contribution in [2.45, 2.75) is 33.2 Å². The standard InChI is InChI=1S/C12H15N3O2/c1-3-5-8-6-9(12(16)17)10-7-13-15(4-2)11(10)14-8/h6-7H,3-5H2,1-2H3,(H,16,17). The van der Waals surface area contributed by atoms with E-state index in [2.05, 4.69) is 10.1 Å². The first-order valence-electron chi connectivity index (χ1n) is 5.76. The van der Waals surface area contributed by atoms with E-state index in [1.165, 1.54) is 0 Å². The predicted octanol–water partition coefficient (Wildman–Crippen LogP) is 2.10. The largest absolute Gasteiger partial charge is 0.478 e. The third-order valence-corrected chi connectivity index (χ3v) is 2.70. The second-order valence-electron chi connectivity index (χ2n) is 3.91. The van der Waals surface area contributed by atoms with Gasteiger partial charge in [0.15, 0.2) is 5.65 Å². The zero-order chi connectivity index (χ0) is 12.4. The van der Waals surface area contributed by atoms with Crippen molar-refractivity contribution in [2.24, 2.45) is 0 Å². The maximum Gasteiger partial charge on any atom is 0.336 e. The number of aryl methyl sites for hydroxylation is 2. The van der Waals surface area contributed by atoms with E-state index in [0.717, 1.165) is 18.5 Å². The molecule has 2 heterocycles.